The van der Waals surface area contributed by atoms with Gasteiger partial charge in [-0.2, -0.15) is 0 Å². The predicted octanol–water partition coefficient (Wildman–Crippen LogP) is 2.22. The molecule has 7 heteroatoms. The van der Waals surface area contributed by atoms with Gasteiger partial charge in [-0.1, -0.05) is 0 Å². The number of benzene rings is 1. The molecule has 21 heavy (non-hydrogen) atoms. The number of anilines is 1. The summed E-state index contributed by atoms with van der Waals surface area (Å²) in [5, 5.41) is 12.0. The van der Waals surface area contributed by atoms with Crippen LogP contribution < -0.4 is 4.90 Å². The average molecular weight is 293 g/mol. The van der Waals surface area contributed by atoms with Crippen LogP contribution in [0.5, 0.6) is 0 Å². The summed E-state index contributed by atoms with van der Waals surface area (Å²) in [5.74, 6) is -0.387. The van der Waals surface area contributed by atoms with Crippen molar-refractivity contribution in [3.05, 3.63) is 33.9 Å². The van der Waals surface area contributed by atoms with Crippen LogP contribution in [0.25, 0.3) is 0 Å². The van der Waals surface area contributed by atoms with Gasteiger partial charge in [0.2, 0.25) is 0 Å². The summed E-state index contributed by atoms with van der Waals surface area (Å²) in [7, 11) is 2.87. The second kappa shape index (κ2) is 6.53. The van der Waals surface area contributed by atoms with Crippen molar-refractivity contribution in [2.75, 3.05) is 32.1 Å². The molecule has 1 aromatic rings. The summed E-state index contributed by atoms with van der Waals surface area (Å²) in [5.41, 5.74) is 0.938. The predicted molar refractivity (Wildman–Crippen MR) is 78.3 cm³/mol. The summed E-state index contributed by atoms with van der Waals surface area (Å²) in [6.45, 7) is 1.71. The number of nitro groups is 1. The third-order valence-electron chi connectivity index (χ3n) is 3.68. The van der Waals surface area contributed by atoms with Gasteiger partial charge in [0.05, 0.1) is 23.3 Å². The van der Waals surface area contributed by atoms with E-state index < -0.39 is 4.92 Å². The molecular formula is C14H19N3O4. The maximum atomic E-state index is 12.4. The van der Waals surface area contributed by atoms with Crippen LogP contribution in [0.2, 0.25) is 0 Å². The van der Waals surface area contributed by atoms with Crippen LogP contribution in [-0.4, -0.2) is 43.1 Å². The van der Waals surface area contributed by atoms with Gasteiger partial charge < -0.3 is 4.90 Å². The summed E-state index contributed by atoms with van der Waals surface area (Å²) < 4.78 is 0. The normalized spacial score (nSPS) is 14.9. The molecule has 0 atom stereocenters. The lowest BCUT2D eigenvalue weighted by molar-refractivity contribution is -0.384. The first-order chi connectivity index (χ1) is 10.0. The fourth-order valence-electron chi connectivity index (χ4n) is 2.47. The van der Waals surface area contributed by atoms with Crippen molar-refractivity contribution in [2.24, 2.45) is 0 Å². The minimum absolute atomic E-state index is 0.0939. The molecule has 1 heterocycles. The molecule has 0 bridgehead atoms. The molecule has 1 aliphatic heterocycles. The van der Waals surface area contributed by atoms with Crippen molar-refractivity contribution in [1.29, 1.82) is 0 Å². The number of hydrogen-bond acceptors (Lipinski definition) is 5. The zero-order valence-corrected chi connectivity index (χ0v) is 12.2. The number of hydrogen-bond donors (Lipinski definition) is 0. The minimum Gasteiger partial charge on any atom is -0.371 e. The van der Waals surface area contributed by atoms with Gasteiger partial charge in [-0.3, -0.25) is 19.7 Å². The average Bonchev–Trinajstić information content (AvgIpc) is 2.53. The van der Waals surface area contributed by atoms with Gasteiger partial charge in [0, 0.05) is 32.3 Å². The lowest BCUT2D eigenvalue weighted by atomic mass is 10.1. The number of carbonyl (C=O) groups excluding carboxylic acids is 1. The smallest absolute Gasteiger partial charge is 0.279 e. The van der Waals surface area contributed by atoms with E-state index in [1.807, 2.05) is 0 Å². The molecule has 0 aromatic heterocycles. The largest absolute Gasteiger partial charge is 0.371 e. The van der Waals surface area contributed by atoms with Crippen LogP contribution in [0.1, 0.15) is 29.6 Å². The van der Waals surface area contributed by atoms with Gasteiger partial charge in [-0.25, -0.2) is 5.06 Å². The lowest BCUT2D eigenvalue weighted by Crippen LogP contribution is -2.33. The Morgan fingerprint density at radius 3 is 2.57 bits per heavy atom. The van der Waals surface area contributed by atoms with Crippen molar-refractivity contribution in [3.8, 4) is 0 Å². The summed E-state index contributed by atoms with van der Waals surface area (Å²) in [6, 6.07) is 4.41. The van der Waals surface area contributed by atoms with E-state index in [0.29, 0.717) is 5.56 Å². The van der Waals surface area contributed by atoms with E-state index in [-0.39, 0.29) is 11.6 Å². The number of rotatable bonds is 4. The Kier molecular flexibility index (Phi) is 4.74. The number of nitro benzene ring substituents is 1. The Bertz CT molecular complexity index is 541. The maximum Gasteiger partial charge on any atom is 0.279 e. The minimum atomic E-state index is -0.496. The summed E-state index contributed by atoms with van der Waals surface area (Å²) >= 11 is 0. The number of amides is 1. The number of piperidine rings is 1. The third-order valence-corrected chi connectivity index (χ3v) is 3.68. The molecular weight excluding hydrogens is 274 g/mol. The number of non-ortho nitro benzene ring substituents is 1. The van der Waals surface area contributed by atoms with E-state index in [4.69, 9.17) is 4.84 Å². The van der Waals surface area contributed by atoms with Crippen molar-refractivity contribution in [2.45, 2.75) is 19.3 Å². The van der Waals surface area contributed by atoms with Crippen LogP contribution >= 0.6 is 0 Å². The van der Waals surface area contributed by atoms with Crippen molar-refractivity contribution < 1.29 is 14.6 Å². The standard InChI is InChI=1S/C14H19N3O4/c1-15(21-2)14(18)12-10-11(17(19)20)6-7-13(12)16-8-4-3-5-9-16/h6-7,10H,3-5,8-9H2,1-2H3. The number of carbonyl (C=O) groups is 1. The first-order valence-corrected chi connectivity index (χ1v) is 6.90. The highest BCUT2D eigenvalue weighted by atomic mass is 16.7. The van der Waals surface area contributed by atoms with E-state index in [2.05, 4.69) is 4.90 Å². The van der Waals surface area contributed by atoms with Crippen molar-refractivity contribution in [3.63, 3.8) is 0 Å². The maximum absolute atomic E-state index is 12.4. The molecule has 0 aliphatic carbocycles. The van der Waals surface area contributed by atoms with E-state index in [1.54, 1.807) is 6.07 Å². The highest BCUT2D eigenvalue weighted by Gasteiger charge is 2.23. The molecule has 1 fully saturated rings. The molecule has 7 nitrogen and oxygen atoms in total. The quantitative estimate of drug-likeness (QED) is 0.628. The molecule has 114 valence electrons. The summed E-state index contributed by atoms with van der Waals surface area (Å²) in [4.78, 5) is 29.8. The third kappa shape index (κ3) is 3.30. The Morgan fingerprint density at radius 1 is 1.33 bits per heavy atom. The van der Waals surface area contributed by atoms with Gasteiger partial charge in [0.15, 0.2) is 0 Å². The van der Waals surface area contributed by atoms with Gasteiger partial charge in [-0.05, 0) is 25.3 Å². The van der Waals surface area contributed by atoms with Crippen LogP contribution in [0.4, 0.5) is 11.4 Å². The molecule has 1 saturated heterocycles. The van der Waals surface area contributed by atoms with Crippen LogP contribution in [-0.2, 0) is 4.84 Å². The molecule has 2 rings (SSSR count). The van der Waals surface area contributed by atoms with Crippen molar-refractivity contribution >= 4 is 17.3 Å². The molecule has 0 N–H and O–H groups in total. The van der Waals surface area contributed by atoms with Gasteiger partial charge >= 0.3 is 0 Å². The number of hydroxylamine groups is 2. The van der Waals surface area contributed by atoms with Crippen LogP contribution in [0, 0.1) is 10.1 Å². The van der Waals surface area contributed by atoms with E-state index >= 15 is 0 Å². The molecule has 0 spiro atoms. The van der Waals surface area contributed by atoms with Crippen molar-refractivity contribution in [1.82, 2.24) is 5.06 Å². The van der Waals surface area contributed by atoms with Gasteiger partial charge in [0.1, 0.15) is 0 Å². The highest BCUT2D eigenvalue weighted by Crippen LogP contribution is 2.28. The Hall–Kier alpha value is -2.15. The first kappa shape index (κ1) is 15.2. The zero-order chi connectivity index (χ0) is 15.4. The van der Waals surface area contributed by atoms with Gasteiger partial charge in [0.25, 0.3) is 11.6 Å². The van der Waals surface area contributed by atoms with Crippen LogP contribution in [0.3, 0.4) is 0 Å². The van der Waals surface area contributed by atoms with E-state index in [1.165, 1.54) is 32.7 Å². The van der Waals surface area contributed by atoms with Crippen LogP contribution in [0.15, 0.2) is 18.2 Å². The summed E-state index contributed by atoms with van der Waals surface area (Å²) in [6.07, 6.45) is 3.29. The van der Waals surface area contributed by atoms with E-state index in [0.717, 1.165) is 36.7 Å². The molecule has 1 aromatic carbocycles. The molecule has 0 unspecified atom stereocenters. The molecule has 0 saturated carbocycles. The van der Waals surface area contributed by atoms with Gasteiger partial charge in [-0.15, -0.1) is 0 Å². The monoisotopic (exact) mass is 293 g/mol. The Balaban J connectivity index is 2.42. The molecule has 0 radical (unpaired) electrons. The fourth-order valence-corrected chi connectivity index (χ4v) is 2.47. The molecule has 1 aliphatic rings. The topological polar surface area (TPSA) is 75.9 Å². The fraction of sp³-hybridized carbons (Fsp3) is 0.500. The SMILES string of the molecule is CON(C)C(=O)c1cc([N+](=O)[O-])ccc1N1CCCCC1. The second-order valence-corrected chi connectivity index (χ2v) is 4.99. The Morgan fingerprint density at radius 2 is 2.00 bits per heavy atom. The first-order valence-electron chi connectivity index (χ1n) is 6.90. The Labute approximate surface area is 123 Å². The van der Waals surface area contributed by atoms with E-state index in [9.17, 15) is 14.9 Å². The second-order valence-electron chi connectivity index (χ2n) is 4.99. The highest BCUT2D eigenvalue weighted by molar-refractivity contribution is 5.99. The zero-order valence-electron chi connectivity index (χ0n) is 12.2. The molecule has 1 amide bonds. The lowest BCUT2D eigenvalue weighted by Gasteiger charge is -2.30. The number of nitrogens with zero attached hydrogens (tertiary/aromatic N) is 3.